The zero-order valence-corrected chi connectivity index (χ0v) is 14.3. The van der Waals surface area contributed by atoms with Crippen LogP contribution in [0.2, 0.25) is 0 Å². The van der Waals surface area contributed by atoms with Crippen LogP contribution in [0.15, 0.2) is 59.5 Å². The van der Waals surface area contributed by atoms with Crippen LogP contribution in [0.25, 0.3) is 0 Å². The standard InChI is InChI=1S/C18H20N2O3S/c1-24(22,23)17-9-5-6-14(12-17)18(21)19-15-10-11-20(13-15)16-7-3-2-4-8-16/h2-9,12,15H,10-11,13H2,1H3,(H,19,21). The first-order valence-electron chi connectivity index (χ1n) is 7.84. The lowest BCUT2D eigenvalue weighted by Crippen LogP contribution is -2.37. The quantitative estimate of drug-likeness (QED) is 0.922. The fourth-order valence-corrected chi connectivity index (χ4v) is 3.55. The number of rotatable bonds is 4. The molecule has 126 valence electrons. The van der Waals surface area contributed by atoms with E-state index >= 15 is 0 Å². The van der Waals surface area contributed by atoms with Gasteiger partial charge >= 0.3 is 0 Å². The lowest BCUT2D eigenvalue weighted by atomic mass is 10.2. The number of amides is 1. The van der Waals surface area contributed by atoms with Crippen LogP contribution in [-0.4, -0.2) is 39.7 Å². The summed E-state index contributed by atoms with van der Waals surface area (Å²) in [7, 11) is -3.32. The monoisotopic (exact) mass is 344 g/mol. The van der Waals surface area contributed by atoms with Gasteiger partial charge in [-0.05, 0) is 36.8 Å². The summed E-state index contributed by atoms with van der Waals surface area (Å²) in [5.41, 5.74) is 1.52. The van der Waals surface area contributed by atoms with Gasteiger partial charge in [-0.1, -0.05) is 24.3 Å². The Morgan fingerprint density at radius 1 is 1.12 bits per heavy atom. The summed E-state index contributed by atoms with van der Waals surface area (Å²) >= 11 is 0. The minimum atomic E-state index is -3.32. The van der Waals surface area contributed by atoms with Gasteiger partial charge in [0, 0.05) is 36.6 Å². The van der Waals surface area contributed by atoms with Gasteiger partial charge in [0.1, 0.15) is 0 Å². The van der Waals surface area contributed by atoms with Crippen molar-refractivity contribution in [1.82, 2.24) is 5.32 Å². The number of anilines is 1. The van der Waals surface area contributed by atoms with Gasteiger partial charge in [-0.25, -0.2) is 8.42 Å². The average Bonchev–Trinajstić information content (AvgIpc) is 3.03. The molecule has 24 heavy (non-hydrogen) atoms. The second kappa shape index (κ2) is 6.65. The highest BCUT2D eigenvalue weighted by Gasteiger charge is 2.24. The highest BCUT2D eigenvalue weighted by atomic mass is 32.2. The molecule has 2 aromatic carbocycles. The molecule has 0 aliphatic carbocycles. The fourth-order valence-electron chi connectivity index (χ4n) is 2.89. The van der Waals surface area contributed by atoms with E-state index in [2.05, 4.69) is 22.3 Å². The summed E-state index contributed by atoms with van der Waals surface area (Å²) in [4.78, 5) is 14.8. The van der Waals surface area contributed by atoms with Gasteiger partial charge in [0.25, 0.3) is 5.91 Å². The highest BCUT2D eigenvalue weighted by molar-refractivity contribution is 7.90. The first-order chi connectivity index (χ1) is 11.4. The van der Waals surface area contributed by atoms with Crippen molar-refractivity contribution in [3.63, 3.8) is 0 Å². The maximum atomic E-state index is 12.4. The number of sulfone groups is 1. The molecule has 1 fully saturated rings. The Labute approximate surface area is 142 Å². The van der Waals surface area contributed by atoms with E-state index in [1.807, 2.05) is 18.2 Å². The Hall–Kier alpha value is -2.34. The Morgan fingerprint density at radius 2 is 1.88 bits per heavy atom. The molecular weight excluding hydrogens is 324 g/mol. The number of hydrogen-bond acceptors (Lipinski definition) is 4. The van der Waals surface area contributed by atoms with Crippen molar-refractivity contribution in [2.75, 3.05) is 24.2 Å². The van der Waals surface area contributed by atoms with Crippen LogP contribution in [0.3, 0.4) is 0 Å². The molecule has 0 bridgehead atoms. The number of carbonyl (C=O) groups excluding carboxylic acids is 1. The Kier molecular flexibility index (Phi) is 4.57. The van der Waals surface area contributed by atoms with E-state index in [4.69, 9.17) is 0 Å². The van der Waals surface area contributed by atoms with Gasteiger partial charge in [-0.2, -0.15) is 0 Å². The van der Waals surface area contributed by atoms with E-state index in [1.54, 1.807) is 12.1 Å². The van der Waals surface area contributed by atoms with Gasteiger partial charge in [0.2, 0.25) is 0 Å². The SMILES string of the molecule is CS(=O)(=O)c1cccc(C(=O)NC2CCN(c3ccccc3)C2)c1. The second-order valence-corrected chi connectivity index (χ2v) is 8.06. The summed E-state index contributed by atoms with van der Waals surface area (Å²) < 4.78 is 23.2. The Balaban J connectivity index is 1.66. The Morgan fingerprint density at radius 3 is 2.58 bits per heavy atom. The van der Waals surface area contributed by atoms with Crippen LogP contribution >= 0.6 is 0 Å². The summed E-state index contributed by atoms with van der Waals surface area (Å²) in [6.45, 7) is 1.64. The number of nitrogens with one attached hydrogen (secondary N) is 1. The molecule has 6 heteroatoms. The van der Waals surface area contributed by atoms with Crippen molar-refractivity contribution < 1.29 is 13.2 Å². The van der Waals surface area contributed by atoms with Crippen molar-refractivity contribution in [2.45, 2.75) is 17.4 Å². The predicted molar refractivity (Wildman–Crippen MR) is 94.1 cm³/mol. The molecule has 1 atom stereocenters. The molecule has 1 amide bonds. The number of carbonyl (C=O) groups is 1. The van der Waals surface area contributed by atoms with Crippen molar-refractivity contribution in [2.24, 2.45) is 0 Å². The number of benzene rings is 2. The third kappa shape index (κ3) is 3.76. The fraction of sp³-hybridized carbons (Fsp3) is 0.278. The van der Waals surface area contributed by atoms with Crippen molar-refractivity contribution in [1.29, 1.82) is 0 Å². The second-order valence-electron chi connectivity index (χ2n) is 6.04. The average molecular weight is 344 g/mol. The largest absolute Gasteiger partial charge is 0.369 e. The third-order valence-electron chi connectivity index (χ3n) is 4.17. The van der Waals surface area contributed by atoms with Crippen LogP contribution in [0.5, 0.6) is 0 Å². The molecule has 2 aromatic rings. The summed E-state index contributed by atoms with van der Waals surface area (Å²) in [5.74, 6) is -0.236. The topological polar surface area (TPSA) is 66.5 Å². The molecular formula is C18H20N2O3S. The van der Waals surface area contributed by atoms with Gasteiger partial charge in [0.05, 0.1) is 4.90 Å². The molecule has 1 saturated heterocycles. The summed E-state index contributed by atoms with van der Waals surface area (Å²) in [6.07, 6.45) is 2.01. The summed E-state index contributed by atoms with van der Waals surface area (Å²) in [6, 6.07) is 16.3. The molecule has 1 heterocycles. The molecule has 1 aliphatic rings. The smallest absolute Gasteiger partial charge is 0.251 e. The number of para-hydroxylation sites is 1. The molecule has 5 nitrogen and oxygen atoms in total. The van der Waals surface area contributed by atoms with E-state index in [1.165, 1.54) is 12.1 Å². The van der Waals surface area contributed by atoms with Crippen molar-refractivity contribution in [3.05, 3.63) is 60.2 Å². The first-order valence-corrected chi connectivity index (χ1v) is 9.73. The van der Waals surface area contributed by atoms with Crippen LogP contribution < -0.4 is 10.2 Å². The van der Waals surface area contributed by atoms with Gasteiger partial charge in [-0.3, -0.25) is 4.79 Å². The lowest BCUT2D eigenvalue weighted by molar-refractivity contribution is 0.0940. The first kappa shape index (κ1) is 16.5. The molecule has 0 aromatic heterocycles. The van der Waals surface area contributed by atoms with E-state index in [-0.39, 0.29) is 16.8 Å². The molecule has 0 spiro atoms. The maximum Gasteiger partial charge on any atom is 0.251 e. The lowest BCUT2D eigenvalue weighted by Gasteiger charge is -2.19. The van der Waals surface area contributed by atoms with E-state index in [0.29, 0.717) is 5.56 Å². The van der Waals surface area contributed by atoms with Crippen LogP contribution in [0, 0.1) is 0 Å². The molecule has 3 rings (SSSR count). The minimum Gasteiger partial charge on any atom is -0.369 e. The molecule has 1 unspecified atom stereocenters. The zero-order chi connectivity index (χ0) is 17.2. The normalized spacial score (nSPS) is 17.7. The minimum absolute atomic E-state index is 0.0552. The predicted octanol–water partition coefficient (Wildman–Crippen LogP) is 2.10. The molecule has 1 N–H and O–H groups in total. The van der Waals surface area contributed by atoms with Gasteiger partial charge in [0.15, 0.2) is 9.84 Å². The van der Waals surface area contributed by atoms with Gasteiger partial charge < -0.3 is 10.2 Å². The number of hydrogen-bond donors (Lipinski definition) is 1. The zero-order valence-electron chi connectivity index (χ0n) is 13.5. The maximum absolute atomic E-state index is 12.4. The third-order valence-corrected chi connectivity index (χ3v) is 5.28. The molecule has 0 saturated carbocycles. The van der Waals surface area contributed by atoms with E-state index in [0.717, 1.165) is 31.5 Å². The van der Waals surface area contributed by atoms with Gasteiger partial charge in [-0.15, -0.1) is 0 Å². The van der Waals surface area contributed by atoms with Crippen molar-refractivity contribution in [3.8, 4) is 0 Å². The number of nitrogens with zero attached hydrogens (tertiary/aromatic N) is 1. The molecule has 1 aliphatic heterocycles. The van der Waals surface area contributed by atoms with Crippen LogP contribution in [0.1, 0.15) is 16.8 Å². The Bertz CT molecular complexity index is 834. The van der Waals surface area contributed by atoms with Crippen molar-refractivity contribution >= 4 is 21.4 Å². The molecule has 0 radical (unpaired) electrons. The highest BCUT2D eigenvalue weighted by Crippen LogP contribution is 2.20. The van der Waals surface area contributed by atoms with Crippen LogP contribution in [0.4, 0.5) is 5.69 Å². The van der Waals surface area contributed by atoms with E-state index < -0.39 is 9.84 Å². The van der Waals surface area contributed by atoms with Crippen LogP contribution in [-0.2, 0) is 9.84 Å². The van der Waals surface area contributed by atoms with E-state index in [9.17, 15) is 13.2 Å². The summed E-state index contributed by atoms with van der Waals surface area (Å²) in [5, 5.41) is 3.00.